The van der Waals surface area contributed by atoms with Crippen molar-refractivity contribution in [3.63, 3.8) is 0 Å². The molecule has 0 spiro atoms. The molecule has 1 aliphatic rings. The lowest BCUT2D eigenvalue weighted by Crippen LogP contribution is -2.48. The number of thiocarbonyl (C=S) groups is 1. The molecule has 1 unspecified atom stereocenters. The standard InChI is InChI=1S/C13H26N2S/c1-5-11(12(14)16)15-8-6-10(7-9-15)13(2,3)4/h10-11H,5-9H2,1-4H3,(H2,14,16). The zero-order valence-corrected chi connectivity index (χ0v) is 11.9. The fourth-order valence-electron chi connectivity index (χ4n) is 2.72. The SMILES string of the molecule is CCC(C(N)=S)N1CCC(C(C)(C)C)CC1. The molecule has 3 heteroatoms. The van der Waals surface area contributed by atoms with Gasteiger partial charge in [0.25, 0.3) is 0 Å². The van der Waals surface area contributed by atoms with Crippen molar-refractivity contribution in [1.82, 2.24) is 4.90 Å². The maximum Gasteiger partial charge on any atom is 0.0901 e. The number of hydrogen-bond donors (Lipinski definition) is 1. The maximum atomic E-state index is 5.79. The van der Waals surface area contributed by atoms with Gasteiger partial charge in [-0.3, -0.25) is 4.90 Å². The molecule has 1 heterocycles. The van der Waals surface area contributed by atoms with E-state index in [-0.39, 0.29) is 0 Å². The number of piperidine rings is 1. The molecule has 0 aromatic heterocycles. The summed E-state index contributed by atoms with van der Waals surface area (Å²) in [5.74, 6) is 0.840. The smallest absolute Gasteiger partial charge is 0.0901 e. The van der Waals surface area contributed by atoms with Crippen LogP contribution in [0.25, 0.3) is 0 Å². The average molecular weight is 242 g/mol. The minimum absolute atomic E-state index is 0.316. The molecular formula is C13H26N2S. The van der Waals surface area contributed by atoms with E-state index in [1.54, 1.807) is 0 Å². The van der Waals surface area contributed by atoms with Crippen LogP contribution in [-0.4, -0.2) is 29.0 Å². The predicted octanol–water partition coefficient (Wildman–Crippen LogP) is 2.81. The number of nitrogens with two attached hydrogens (primary N) is 1. The van der Waals surface area contributed by atoms with Gasteiger partial charge in [-0.15, -0.1) is 0 Å². The van der Waals surface area contributed by atoms with E-state index in [0.29, 0.717) is 16.4 Å². The number of likely N-dealkylation sites (tertiary alicyclic amines) is 1. The van der Waals surface area contributed by atoms with E-state index in [1.807, 2.05) is 0 Å². The highest BCUT2D eigenvalue weighted by Crippen LogP contribution is 2.34. The van der Waals surface area contributed by atoms with E-state index in [9.17, 15) is 0 Å². The number of hydrogen-bond acceptors (Lipinski definition) is 2. The maximum absolute atomic E-state index is 5.79. The second-order valence-electron chi connectivity index (χ2n) is 6.00. The van der Waals surface area contributed by atoms with Crippen LogP contribution in [-0.2, 0) is 0 Å². The van der Waals surface area contributed by atoms with Crippen molar-refractivity contribution >= 4 is 17.2 Å². The summed E-state index contributed by atoms with van der Waals surface area (Å²) in [5, 5.41) is 0. The van der Waals surface area contributed by atoms with E-state index in [2.05, 4.69) is 32.6 Å². The first-order valence-electron chi connectivity index (χ1n) is 6.39. The quantitative estimate of drug-likeness (QED) is 0.772. The Morgan fingerprint density at radius 3 is 2.19 bits per heavy atom. The molecule has 16 heavy (non-hydrogen) atoms. The molecule has 1 fully saturated rings. The van der Waals surface area contributed by atoms with E-state index >= 15 is 0 Å². The van der Waals surface area contributed by atoms with Gasteiger partial charge in [-0.2, -0.15) is 0 Å². The van der Waals surface area contributed by atoms with Crippen LogP contribution in [0.1, 0.15) is 47.0 Å². The second-order valence-corrected chi connectivity index (χ2v) is 6.47. The second kappa shape index (κ2) is 5.46. The first-order valence-corrected chi connectivity index (χ1v) is 6.80. The number of nitrogens with zero attached hydrogens (tertiary/aromatic N) is 1. The predicted molar refractivity (Wildman–Crippen MR) is 74.6 cm³/mol. The lowest BCUT2D eigenvalue weighted by Gasteiger charge is -2.41. The van der Waals surface area contributed by atoms with Crippen molar-refractivity contribution in [2.24, 2.45) is 17.1 Å². The Balaban J connectivity index is 2.51. The number of rotatable bonds is 3. The molecule has 1 saturated heterocycles. The zero-order chi connectivity index (χ0) is 12.3. The lowest BCUT2D eigenvalue weighted by atomic mass is 9.75. The third-order valence-corrected chi connectivity index (χ3v) is 4.18. The third-order valence-electron chi connectivity index (χ3n) is 3.91. The Kier molecular flexibility index (Phi) is 4.74. The van der Waals surface area contributed by atoms with Gasteiger partial charge in [-0.25, -0.2) is 0 Å². The van der Waals surface area contributed by atoms with Crippen molar-refractivity contribution < 1.29 is 0 Å². The molecule has 0 bridgehead atoms. The summed E-state index contributed by atoms with van der Waals surface area (Å²) in [6, 6.07) is 0.316. The molecule has 0 saturated carbocycles. The van der Waals surface area contributed by atoms with Crippen LogP contribution in [0.4, 0.5) is 0 Å². The van der Waals surface area contributed by atoms with Crippen LogP contribution < -0.4 is 5.73 Å². The van der Waals surface area contributed by atoms with Crippen LogP contribution in [0, 0.1) is 11.3 Å². The highest BCUT2D eigenvalue weighted by atomic mass is 32.1. The molecular weight excluding hydrogens is 216 g/mol. The molecule has 2 nitrogen and oxygen atoms in total. The van der Waals surface area contributed by atoms with E-state index in [0.717, 1.165) is 25.4 Å². The molecule has 94 valence electrons. The molecule has 2 N–H and O–H groups in total. The van der Waals surface area contributed by atoms with Crippen molar-refractivity contribution in [3.05, 3.63) is 0 Å². The molecule has 1 aliphatic heterocycles. The Labute approximate surface area is 106 Å². The van der Waals surface area contributed by atoms with E-state index < -0.39 is 0 Å². The third kappa shape index (κ3) is 3.42. The first-order chi connectivity index (χ1) is 7.36. The summed E-state index contributed by atoms with van der Waals surface area (Å²) in [4.78, 5) is 3.13. The Morgan fingerprint density at radius 2 is 1.88 bits per heavy atom. The normalized spacial score (nSPS) is 22.0. The van der Waals surface area contributed by atoms with Crippen molar-refractivity contribution in [2.75, 3.05) is 13.1 Å². The molecule has 0 aliphatic carbocycles. The van der Waals surface area contributed by atoms with Gasteiger partial charge >= 0.3 is 0 Å². The fraction of sp³-hybridized carbons (Fsp3) is 0.923. The first kappa shape index (κ1) is 13.9. The summed E-state index contributed by atoms with van der Waals surface area (Å²) >= 11 is 5.14. The summed E-state index contributed by atoms with van der Waals surface area (Å²) < 4.78 is 0. The van der Waals surface area contributed by atoms with Gasteiger partial charge in [0, 0.05) is 0 Å². The zero-order valence-electron chi connectivity index (χ0n) is 11.1. The van der Waals surface area contributed by atoms with Gasteiger partial charge in [-0.1, -0.05) is 39.9 Å². The fourth-order valence-corrected chi connectivity index (χ4v) is 3.03. The summed E-state index contributed by atoms with van der Waals surface area (Å²) in [6.07, 6.45) is 3.60. The van der Waals surface area contributed by atoms with Crippen molar-refractivity contribution in [3.8, 4) is 0 Å². The topological polar surface area (TPSA) is 29.3 Å². The van der Waals surface area contributed by atoms with Crippen LogP contribution >= 0.6 is 12.2 Å². The van der Waals surface area contributed by atoms with Gasteiger partial charge < -0.3 is 5.73 Å². The van der Waals surface area contributed by atoms with E-state index in [1.165, 1.54) is 12.8 Å². The minimum atomic E-state index is 0.316. The van der Waals surface area contributed by atoms with Gasteiger partial charge in [-0.05, 0) is 43.7 Å². The van der Waals surface area contributed by atoms with Crippen LogP contribution in [0.15, 0.2) is 0 Å². The van der Waals surface area contributed by atoms with Gasteiger partial charge in [0.2, 0.25) is 0 Å². The van der Waals surface area contributed by atoms with Crippen LogP contribution in [0.3, 0.4) is 0 Å². The summed E-state index contributed by atoms with van der Waals surface area (Å²) in [6.45, 7) is 11.5. The largest absolute Gasteiger partial charge is 0.392 e. The molecule has 1 rings (SSSR count). The van der Waals surface area contributed by atoms with Gasteiger partial charge in [0.1, 0.15) is 0 Å². The summed E-state index contributed by atoms with van der Waals surface area (Å²) in [7, 11) is 0. The molecule has 1 atom stereocenters. The summed E-state index contributed by atoms with van der Waals surface area (Å²) in [5.41, 5.74) is 6.23. The Hall–Kier alpha value is -0.150. The molecule has 0 aromatic rings. The lowest BCUT2D eigenvalue weighted by molar-refractivity contribution is 0.0995. The van der Waals surface area contributed by atoms with Crippen LogP contribution in [0.5, 0.6) is 0 Å². The molecule has 0 aromatic carbocycles. The van der Waals surface area contributed by atoms with E-state index in [4.69, 9.17) is 18.0 Å². The minimum Gasteiger partial charge on any atom is -0.392 e. The Morgan fingerprint density at radius 1 is 1.38 bits per heavy atom. The monoisotopic (exact) mass is 242 g/mol. The Bertz CT molecular complexity index is 237. The molecule has 0 radical (unpaired) electrons. The van der Waals surface area contributed by atoms with Crippen molar-refractivity contribution in [2.45, 2.75) is 53.0 Å². The highest BCUT2D eigenvalue weighted by Gasteiger charge is 2.31. The van der Waals surface area contributed by atoms with Crippen LogP contribution in [0.2, 0.25) is 0 Å². The highest BCUT2D eigenvalue weighted by molar-refractivity contribution is 7.80. The van der Waals surface area contributed by atoms with Gasteiger partial charge in [0.15, 0.2) is 0 Å². The average Bonchev–Trinajstić information content (AvgIpc) is 2.17. The van der Waals surface area contributed by atoms with Crippen molar-refractivity contribution in [1.29, 1.82) is 0 Å². The van der Waals surface area contributed by atoms with Gasteiger partial charge in [0.05, 0.1) is 11.0 Å². The molecule has 0 amide bonds.